The summed E-state index contributed by atoms with van der Waals surface area (Å²) >= 11 is 6.50. The summed E-state index contributed by atoms with van der Waals surface area (Å²) in [5.74, 6) is -2.16. The van der Waals surface area contributed by atoms with Crippen molar-refractivity contribution in [1.29, 1.82) is 5.26 Å². The third-order valence-electron chi connectivity index (χ3n) is 4.25. The molecule has 1 fully saturated rings. The molecule has 1 saturated heterocycles. The maximum atomic E-state index is 12.9. The van der Waals surface area contributed by atoms with Gasteiger partial charge in [-0.1, -0.05) is 36.4 Å². The van der Waals surface area contributed by atoms with Gasteiger partial charge >= 0.3 is 0 Å². The molecule has 0 radical (unpaired) electrons. The number of nitriles is 1. The zero-order chi connectivity index (χ0) is 19.7. The smallest absolute Gasteiger partial charge is 0.251 e. The minimum Gasteiger partial charge on any atom is -0.301 e. The van der Waals surface area contributed by atoms with Gasteiger partial charge in [-0.25, -0.2) is 4.99 Å². The van der Waals surface area contributed by atoms with Crippen molar-refractivity contribution in [1.82, 2.24) is 5.32 Å². The third-order valence-corrected chi connectivity index (χ3v) is 5.61. The molecular formula is C20H12N4O2S2. The third kappa shape index (κ3) is 3.07. The topological polar surface area (TPSA) is 85.6 Å². The van der Waals surface area contributed by atoms with Crippen LogP contribution >= 0.6 is 23.6 Å². The zero-order valence-electron chi connectivity index (χ0n) is 14.3. The average molecular weight is 404 g/mol. The number of carbonyl (C=O) groups excluding carboxylic acids is 2. The number of carbonyl (C=O) groups is 2. The Hall–Kier alpha value is -3.41. The molecule has 2 heterocycles. The largest absolute Gasteiger partial charge is 0.301 e. The van der Waals surface area contributed by atoms with Crippen LogP contribution in [-0.2, 0) is 9.59 Å². The summed E-state index contributed by atoms with van der Waals surface area (Å²) in [7, 11) is 0. The number of nitrogens with one attached hydrogen (secondary N) is 1. The molecule has 0 unspecified atom stereocenters. The van der Waals surface area contributed by atoms with Crippen LogP contribution in [0.1, 0.15) is 5.56 Å². The first-order valence-corrected chi connectivity index (χ1v) is 9.52. The van der Waals surface area contributed by atoms with Gasteiger partial charge in [0.15, 0.2) is 11.0 Å². The van der Waals surface area contributed by atoms with Gasteiger partial charge in [-0.3, -0.25) is 14.5 Å². The fourth-order valence-electron chi connectivity index (χ4n) is 2.92. The monoisotopic (exact) mass is 404 g/mol. The highest BCUT2D eigenvalue weighted by Gasteiger charge is 2.38. The van der Waals surface area contributed by atoms with Crippen molar-refractivity contribution in [3.05, 3.63) is 60.2 Å². The van der Waals surface area contributed by atoms with E-state index in [1.54, 1.807) is 24.3 Å². The number of hydrogen-bond donors (Lipinski definition) is 1. The van der Waals surface area contributed by atoms with E-state index in [1.807, 2.05) is 30.3 Å². The second kappa shape index (κ2) is 7.31. The molecule has 6 nitrogen and oxygen atoms in total. The molecular weight excluding hydrogens is 392 g/mol. The number of hydrogen-bond acceptors (Lipinski definition) is 6. The second-order valence-electron chi connectivity index (χ2n) is 5.95. The number of anilines is 1. The highest BCUT2D eigenvalue weighted by molar-refractivity contribution is 7.80. The van der Waals surface area contributed by atoms with Crippen LogP contribution in [0.25, 0.3) is 10.1 Å². The van der Waals surface area contributed by atoms with Crippen LogP contribution in [0, 0.1) is 17.2 Å². The molecule has 2 amide bonds. The van der Waals surface area contributed by atoms with E-state index in [-0.39, 0.29) is 5.11 Å². The van der Waals surface area contributed by atoms with E-state index in [0.717, 1.165) is 10.1 Å². The van der Waals surface area contributed by atoms with Crippen LogP contribution in [-0.4, -0.2) is 23.1 Å². The summed E-state index contributed by atoms with van der Waals surface area (Å²) < 4.78 is 0.915. The molecule has 1 aromatic heterocycles. The summed E-state index contributed by atoms with van der Waals surface area (Å²) in [6.45, 7) is 0. The lowest BCUT2D eigenvalue weighted by molar-refractivity contribution is -0.130. The lowest BCUT2D eigenvalue weighted by Gasteiger charge is -2.30. The molecule has 136 valence electrons. The van der Waals surface area contributed by atoms with E-state index in [4.69, 9.17) is 12.2 Å². The quantitative estimate of drug-likeness (QED) is 0.411. The van der Waals surface area contributed by atoms with E-state index in [1.165, 1.54) is 22.5 Å². The number of para-hydroxylation sites is 1. The minimum atomic E-state index is -1.14. The highest BCUT2D eigenvalue weighted by atomic mass is 32.1. The van der Waals surface area contributed by atoms with Gasteiger partial charge in [-0.2, -0.15) is 5.26 Å². The summed E-state index contributed by atoms with van der Waals surface area (Å²) in [4.78, 5) is 30.9. The van der Waals surface area contributed by atoms with E-state index in [9.17, 15) is 14.9 Å². The molecule has 1 atom stereocenters. The van der Waals surface area contributed by atoms with Crippen molar-refractivity contribution in [2.45, 2.75) is 0 Å². The Morgan fingerprint density at radius 3 is 2.61 bits per heavy atom. The maximum Gasteiger partial charge on any atom is 0.251 e. The van der Waals surface area contributed by atoms with Crippen molar-refractivity contribution in [3.8, 4) is 6.07 Å². The van der Waals surface area contributed by atoms with Gasteiger partial charge in [-0.05, 0) is 30.4 Å². The van der Waals surface area contributed by atoms with Gasteiger partial charge in [0.2, 0.25) is 5.91 Å². The molecule has 4 rings (SSSR count). The number of benzene rings is 2. The van der Waals surface area contributed by atoms with E-state index in [2.05, 4.69) is 16.4 Å². The molecule has 1 N–H and O–H groups in total. The maximum absolute atomic E-state index is 12.9. The standard InChI is InChI=1S/C20H12N4O2S2/c21-10-14-13-8-4-5-9-16(13)28-18(14)22-11-15-17(25)23-20(27)24(19(15)26)12-6-2-1-3-7-12/h1-9,11,15H,(H,23,25,27)/t15-/m0/s1. The number of amides is 2. The lowest BCUT2D eigenvalue weighted by Crippen LogP contribution is -2.58. The number of thiocarbonyl (C=S) groups is 1. The normalized spacial score (nSPS) is 17.2. The van der Waals surface area contributed by atoms with E-state index < -0.39 is 17.7 Å². The Balaban J connectivity index is 1.69. The predicted molar refractivity (Wildman–Crippen MR) is 113 cm³/mol. The summed E-state index contributed by atoms with van der Waals surface area (Å²) in [5.41, 5.74) is 0.992. The first-order chi connectivity index (χ1) is 13.6. The average Bonchev–Trinajstić information content (AvgIpc) is 3.05. The van der Waals surface area contributed by atoms with Crippen molar-refractivity contribution in [2.75, 3.05) is 4.90 Å². The Labute approximate surface area is 169 Å². The number of rotatable bonds is 3. The number of fused-ring (bicyclic) bond motifs is 1. The summed E-state index contributed by atoms with van der Waals surface area (Å²) in [6, 6.07) is 18.5. The van der Waals surface area contributed by atoms with Crippen LogP contribution in [0.3, 0.4) is 0 Å². The lowest BCUT2D eigenvalue weighted by atomic mass is 10.1. The van der Waals surface area contributed by atoms with Gasteiger partial charge in [0, 0.05) is 16.3 Å². The molecule has 0 aliphatic carbocycles. The number of aliphatic imine (C=N–C) groups is 1. The van der Waals surface area contributed by atoms with E-state index >= 15 is 0 Å². The predicted octanol–water partition coefficient (Wildman–Crippen LogP) is 3.54. The molecule has 3 aromatic rings. The second-order valence-corrected chi connectivity index (χ2v) is 7.37. The summed E-state index contributed by atoms with van der Waals surface area (Å²) in [6.07, 6.45) is 1.28. The van der Waals surface area contributed by atoms with Crippen LogP contribution in [0.4, 0.5) is 10.7 Å². The van der Waals surface area contributed by atoms with Gasteiger partial charge in [0.05, 0.1) is 11.3 Å². The highest BCUT2D eigenvalue weighted by Crippen LogP contribution is 2.37. The molecule has 0 spiro atoms. The summed E-state index contributed by atoms with van der Waals surface area (Å²) in [5, 5.41) is 13.3. The van der Waals surface area contributed by atoms with Crippen molar-refractivity contribution in [3.63, 3.8) is 0 Å². The van der Waals surface area contributed by atoms with E-state index in [0.29, 0.717) is 16.3 Å². The Bertz CT molecular complexity index is 1180. The fourth-order valence-corrected chi connectivity index (χ4v) is 4.22. The van der Waals surface area contributed by atoms with Crippen LogP contribution in [0.5, 0.6) is 0 Å². The first-order valence-electron chi connectivity index (χ1n) is 8.30. The zero-order valence-corrected chi connectivity index (χ0v) is 16.0. The van der Waals surface area contributed by atoms with Crippen molar-refractivity contribution >= 4 is 67.5 Å². The SMILES string of the molecule is N#Cc1c(N=C[C@H]2C(=O)NC(=S)N(c3ccccc3)C2=O)sc2ccccc12. The van der Waals surface area contributed by atoms with Gasteiger partial charge < -0.3 is 5.32 Å². The number of nitrogens with zero attached hydrogens (tertiary/aromatic N) is 3. The molecule has 1 aliphatic heterocycles. The first kappa shape index (κ1) is 18.0. The molecule has 28 heavy (non-hydrogen) atoms. The Kier molecular flexibility index (Phi) is 4.69. The van der Waals surface area contributed by atoms with Crippen molar-refractivity contribution in [2.24, 2.45) is 10.9 Å². The molecule has 0 bridgehead atoms. The Morgan fingerprint density at radius 1 is 1.14 bits per heavy atom. The fraction of sp³-hybridized carbons (Fsp3) is 0.0500. The Morgan fingerprint density at radius 2 is 1.86 bits per heavy atom. The molecule has 8 heteroatoms. The van der Waals surface area contributed by atoms with Gasteiger partial charge in [-0.15, -0.1) is 11.3 Å². The molecule has 0 saturated carbocycles. The number of thiophene rings is 1. The van der Waals surface area contributed by atoms with Gasteiger partial charge in [0.25, 0.3) is 5.91 Å². The van der Waals surface area contributed by atoms with Crippen LogP contribution < -0.4 is 10.2 Å². The molecule has 2 aromatic carbocycles. The molecule has 1 aliphatic rings. The van der Waals surface area contributed by atoms with Crippen LogP contribution in [0.15, 0.2) is 59.6 Å². The van der Waals surface area contributed by atoms with Crippen molar-refractivity contribution < 1.29 is 9.59 Å². The van der Waals surface area contributed by atoms with Gasteiger partial charge in [0.1, 0.15) is 11.1 Å². The van der Waals surface area contributed by atoms with Crippen LogP contribution in [0.2, 0.25) is 0 Å². The minimum absolute atomic E-state index is 0.0328.